The maximum Gasteiger partial charge on any atom is 0.321 e. The van der Waals surface area contributed by atoms with Crippen molar-refractivity contribution in [1.29, 1.82) is 5.26 Å². The number of aromatic nitrogens is 3. The highest BCUT2D eigenvalue weighted by atomic mass is 35.5. The summed E-state index contributed by atoms with van der Waals surface area (Å²) in [5, 5.41) is 12.7. The van der Waals surface area contributed by atoms with Crippen LogP contribution in [0.1, 0.15) is 65.7 Å². The molecule has 1 aliphatic carbocycles. The molecule has 2 aliphatic rings. The number of aryl methyl sites for hydroxylation is 2. The number of anilines is 1. The Balaban J connectivity index is 1.24. The summed E-state index contributed by atoms with van der Waals surface area (Å²) in [7, 11) is 0. The number of imidazole rings is 1. The van der Waals surface area contributed by atoms with Crippen molar-refractivity contribution in [3.05, 3.63) is 112 Å². The van der Waals surface area contributed by atoms with Crippen LogP contribution in [-0.2, 0) is 13.0 Å². The molecule has 0 radical (unpaired) electrons. The standard InChI is InChI=1S/C34H33ClN6O/c1-2-28-21-40(22-38-28)15-11-25-18-26-19-27(35)7-10-30(26)32(33-31(25)4-3-14-37-33)24-12-16-41(17-13-24)34(42)39-29-8-5-23(20-36)6-9-29/h3-10,14,18-19,21-22,24,32H,2,11-13,15-17H2,1H3,(H,39,42). The second-order valence-corrected chi connectivity index (χ2v) is 11.4. The number of carbonyl (C=O) groups is 1. The van der Waals surface area contributed by atoms with Crippen molar-refractivity contribution in [1.82, 2.24) is 19.4 Å². The molecule has 1 N–H and O–H groups in total. The minimum atomic E-state index is -0.112. The molecular weight excluding hydrogens is 544 g/mol. The van der Waals surface area contributed by atoms with E-state index in [1.807, 2.05) is 29.6 Å². The molecule has 1 saturated heterocycles. The van der Waals surface area contributed by atoms with Gasteiger partial charge in [-0.1, -0.05) is 36.7 Å². The van der Waals surface area contributed by atoms with Gasteiger partial charge < -0.3 is 14.8 Å². The van der Waals surface area contributed by atoms with Crippen LogP contribution in [0.2, 0.25) is 5.02 Å². The van der Waals surface area contributed by atoms with Gasteiger partial charge in [-0.3, -0.25) is 4.98 Å². The number of carbonyl (C=O) groups excluding carboxylic acids is 1. The van der Waals surface area contributed by atoms with Crippen molar-refractivity contribution < 1.29 is 4.79 Å². The first-order chi connectivity index (χ1) is 20.5. The zero-order valence-electron chi connectivity index (χ0n) is 23.6. The van der Waals surface area contributed by atoms with Crippen molar-refractivity contribution in [2.24, 2.45) is 5.92 Å². The number of hydrogen-bond donors (Lipinski definition) is 1. The Morgan fingerprint density at radius 2 is 1.93 bits per heavy atom. The van der Waals surface area contributed by atoms with Crippen LogP contribution in [0.15, 0.2) is 73.3 Å². The van der Waals surface area contributed by atoms with Gasteiger partial charge in [-0.25, -0.2) is 9.78 Å². The molecule has 212 valence electrons. The molecule has 42 heavy (non-hydrogen) atoms. The third kappa shape index (κ3) is 5.81. The molecule has 3 heterocycles. The van der Waals surface area contributed by atoms with Crippen LogP contribution in [0.25, 0.3) is 11.6 Å². The normalized spacial score (nSPS) is 16.5. The number of urea groups is 1. The minimum absolute atomic E-state index is 0.103. The van der Waals surface area contributed by atoms with Crippen LogP contribution in [0.4, 0.5) is 10.5 Å². The molecule has 4 aromatic rings. The Kier molecular flexibility index (Phi) is 8.07. The summed E-state index contributed by atoms with van der Waals surface area (Å²) in [5.41, 5.74) is 8.27. The number of nitrogens with one attached hydrogen (secondary N) is 1. The number of fused-ring (bicyclic) bond motifs is 2. The molecule has 7 nitrogen and oxygen atoms in total. The highest BCUT2D eigenvalue weighted by Crippen LogP contribution is 2.45. The van der Waals surface area contributed by atoms with Crippen LogP contribution in [0.5, 0.6) is 0 Å². The Morgan fingerprint density at radius 1 is 1.12 bits per heavy atom. The molecule has 2 aromatic carbocycles. The second kappa shape index (κ2) is 12.2. The molecular formula is C34H33ClN6O. The summed E-state index contributed by atoms with van der Waals surface area (Å²) >= 11 is 6.53. The summed E-state index contributed by atoms with van der Waals surface area (Å²) in [4.78, 5) is 24.4. The molecule has 1 aliphatic heterocycles. The predicted molar refractivity (Wildman–Crippen MR) is 166 cm³/mol. The van der Waals surface area contributed by atoms with E-state index in [1.165, 1.54) is 16.7 Å². The number of halogens is 1. The van der Waals surface area contributed by atoms with E-state index in [0.717, 1.165) is 54.2 Å². The molecule has 2 amide bonds. The number of benzene rings is 2. The summed E-state index contributed by atoms with van der Waals surface area (Å²) in [6, 6.07) is 19.4. The number of amides is 2. The zero-order valence-corrected chi connectivity index (χ0v) is 24.4. The molecule has 0 bridgehead atoms. The Bertz CT molecular complexity index is 1660. The number of piperidine rings is 1. The van der Waals surface area contributed by atoms with E-state index in [0.29, 0.717) is 30.3 Å². The lowest BCUT2D eigenvalue weighted by Gasteiger charge is -2.36. The lowest BCUT2D eigenvalue weighted by Crippen LogP contribution is -2.42. The van der Waals surface area contributed by atoms with Crippen LogP contribution >= 0.6 is 11.6 Å². The van der Waals surface area contributed by atoms with Gasteiger partial charge >= 0.3 is 6.03 Å². The average Bonchev–Trinajstić information content (AvgIpc) is 3.44. The van der Waals surface area contributed by atoms with Gasteiger partial charge in [-0.2, -0.15) is 5.26 Å². The zero-order chi connectivity index (χ0) is 29.1. The molecule has 8 heteroatoms. The lowest BCUT2D eigenvalue weighted by molar-refractivity contribution is 0.177. The molecule has 1 fully saturated rings. The number of hydrogen-bond acceptors (Lipinski definition) is 4. The monoisotopic (exact) mass is 576 g/mol. The van der Waals surface area contributed by atoms with Crippen molar-refractivity contribution in [2.75, 3.05) is 18.4 Å². The first-order valence-corrected chi connectivity index (χ1v) is 14.9. The van der Waals surface area contributed by atoms with Crippen LogP contribution in [0.3, 0.4) is 0 Å². The van der Waals surface area contributed by atoms with Gasteiger partial charge in [-0.05, 0) is 96.3 Å². The lowest BCUT2D eigenvalue weighted by atomic mass is 9.76. The third-order valence-electron chi connectivity index (χ3n) is 8.44. The SMILES string of the molecule is CCc1cn(CCC2=Cc3cc(Cl)ccc3C(C3CCN(C(=O)Nc4ccc(C#N)cc4)CC3)c3ncccc32)cn1. The fourth-order valence-electron chi connectivity index (χ4n) is 6.21. The van der Waals surface area contributed by atoms with Gasteiger partial charge in [0, 0.05) is 48.7 Å². The van der Waals surface area contributed by atoms with Gasteiger partial charge in [0.05, 0.1) is 29.3 Å². The van der Waals surface area contributed by atoms with E-state index in [9.17, 15) is 4.79 Å². The highest BCUT2D eigenvalue weighted by molar-refractivity contribution is 6.30. The summed E-state index contributed by atoms with van der Waals surface area (Å²) < 4.78 is 2.16. The summed E-state index contributed by atoms with van der Waals surface area (Å²) in [6.07, 6.45) is 11.7. The highest BCUT2D eigenvalue weighted by Gasteiger charge is 2.35. The molecule has 0 spiro atoms. The number of nitriles is 1. The van der Waals surface area contributed by atoms with Crippen molar-refractivity contribution in [3.63, 3.8) is 0 Å². The number of rotatable bonds is 6. The van der Waals surface area contributed by atoms with E-state index in [-0.39, 0.29) is 11.9 Å². The first kappa shape index (κ1) is 27.7. The number of nitrogens with zero attached hydrogens (tertiary/aromatic N) is 5. The van der Waals surface area contributed by atoms with Gasteiger partial charge in [0.15, 0.2) is 0 Å². The van der Waals surface area contributed by atoms with Gasteiger partial charge in [0.2, 0.25) is 0 Å². The second-order valence-electron chi connectivity index (χ2n) is 11.0. The largest absolute Gasteiger partial charge is 0.337 e. The van der Waals surface area contributed by atoms with Crippen molar-refractivity contribution in [3.8, 4) is 6.07 Å². The molecule has 1 unspecified atom stereocenters. The van der Waals surface area contributed by atoms with Crippen LogP contribution in [-0.4, -0.2) is 38.6 Å². The predicted octanol–water partition coefficient (Wildman–Crippen LogP) is 7.39. The van der Waals surface area contributed by atoms with E-state index < -0.39 is 0 Å². The fourth-order valence-corrected chi connectivity index (χ4v) is 6.40. The summed E-state index contributed by atoms with van der Waals surface area (Å²) in [5.74, 6) is 0.428. The molecule has 2 aromatic heterocycles. The van der Waals surface area contributed by atoms with E-state index >= 15 is 0 Å². The smallest absolute Gasteiger partial charge is 0.321 e. The number of pyridine rings is 1. The van der Waals surface area contributed by atoms with Crippen molar-refractivity contribution in [2.45, 2.75) is 45.1 Å². The quantitative estimate of drug-likeness (QED) is 0.259. The summed E-state index contributed by atoms with van der Waals surface area (Å²) in [6.45, 7) is 4.28. The van der Waals surface area contributed by atoms with Gasteiger partial charge in [0.25, 0.3) is 0 Å². The number of likely N-dealkylation sites (tertiary alicyclic amines) is 1. The van der Waals surface area contributed by atoms with E-state index in [4.69, 9.17) is 21.8 Å². The van der Waals surface area contributed by atoms with Gasteiger partial charge in [0.1, 0.15) is 0 Å². The topological polar surface area (TPSA) is 86.8 Å². The van der Waals surface area contributed by atoms with Crippen molar-refractivity contribution >= 4 is 35.0 Å². The molecule has 0 saturated carbocycles. The first-order valence-electron chi connectivity index (χ1n) is 14.5. The van der Waals surface area contributed by atoms with Crippen LogP contribution < -0.4 is 5.32 Å². The molecule has 1 atom stereocenters. The maximum atomic E-state index is 13.1. The van der Waals surface area contributed by atoms with Gasteiger partial charge in [-0.15, -0.1) is 0 Å². The van der Waals surface area contributed by atoms with Crippen LogP contribution in [0, 0.1) is 17.2 Å². The number of allylic oxidation sites excluding steroid dienone is 1. The van der Waals surface area contributed by atoms with E-state index in [2.05, 4.69) is 58.3 Å². The maximum absolute atomic E-state index is 13.1. The van der Waals surface area contributed by atoms with E-state index in [1.54, 1.807) is 24.3 Å². The molecule has 6 rings (SSSR count). The Labute approximate surface area is 251 Å². The third-order valence-corrected chi connectivity index (χ3v) is 8.68. The average molecular weight is 577 g/mol. The minimum Gasteiger partial charge on any atom is -0.337 e. The fraction of sp³-hybridized carbons (Fsp3) is 0.294. The Hall–Kier alpha value is -4.41. The Morgan fingerprint density at radius 3 is 2.67 bits per heavy atom.